The number of hydrogen-bond donors (Lipinski definition) is 2. The molecule has 136 valence electrons. The quantitative estimate of drug-likeness (QED) is 0.789. The van der Waals surface area contributed by atoms with Gasteiger partial charge < -0.3 is 19.9 Å². The van der Waals surface area contributed by atoms with E-state index in [1.165, 1.54) is 11.3 Å². The highest BCUT2D eigenvalue weighted by atomic mass is 35.5. The SMILES string of the molecule is CCOC1CN(c2nncs2)CCC1NC(=O)c1nc(Cl)c(CC)[nH]1. The van der Waals surface area contributed by atoms with E-state index < -0.39 is 0 Å². The van der Waals surface area contributed by atoms with Crippen LogP contribution in [0.25, 0.3) is 0 Å². The zero-order chi connectivity index (χ0) is 17.8. The van der Waals surface area contributed by atoms with E-state index in [4.69, 9.17) is 16.3 Å². The molecule has 25 heavy (non-hydrogen) atoms. The van der Waals surface area contributed by atoms with E-state index in [0.29, 0.717) is 24.7 Å². The third-order valence-electron chi connectivity index (χ3n) is 4.17. The summed E-state index contributed by atoms with van der Waals surface area (Å²) in [7, 11) is 0. The summed E-state index contributed by atoms with van der Waals surface area (Å²) in [5.74, 6) is -0.0238. The van der Waals surface area contributed by atoms with Gasteiger partial charge in [0, 0.05) is 19.7 Å². The summed E-state index contributed by atoms with van der Waals surface area (Å²) in [5.41, 5.74) is 2.48. The summed E-state index contributed by atoms with van der Waals surface area (Å²) in [6, 6.07) is -0.0921. The summed E-state index contributed by atoms with van der Waals surface area (Å²) in [5, 5.41) is 12.2. The zero-order valence-electron chi connectivity index (χ0n) is 14.2. The van der Waals surface area contributed by atoms with Crippen LogP contribution in [0.3, 0.4) is 0 Å². The first kappa shape index (κ1) is 18.1. The van der Waals surface area contributed by atoms with Crippen LogP contribution in [-0.2, 0) is 11.2 Å². The first-order chi connectivity index (χ1) is 12.1. The van der Waals surface area contributed by atoms with E-state index in [9.17, 15) is 4.79 Å². The molecule has 1 aliphatic heterocycles. The third-order valence-corrected chi connectivity index (χ3v) is 5.24. The van der Waals surface area contributed by atoms with Crippen molar-refractivity contribution in [1.82, 2.24) is 25.5 Å². The van der Waals surface area contributed by atoms with Crippen LogP contribution in [0.5, 0.6) is 0 Å². The van der Waals surface area contributed by atoms with Gasteiger partial charge in [-0.2, -0.15) is 0 Å². The summed E-state index contributed by atoms with van der Waals surface area (Å²) in [6.07, 6.45) is 1.33. The molecular weight excluding hydrogens is 364 g/mol. The third kappa shape index (κ3) is 4.10. The molecule has 3 rings (SSSR count). The van der Waals surface area contributed by atoms with Gasteiger partial charge in [-0.15, -0.1) is 10.2 Å². The number of imidazole rings is 1. The lowest BCUT2D eigenvalue weighted by Gasteiger charge is -2.38. The molecule has 0 saturated carbocycles. The van der Waals surface area contributed by atoms with Crippen LogP contribution in [0.4, 0.5) is 5.13 Å². The molecule has 0 aliphatic carbocycles. The van der Waals surface area contributed by atoms with E-state index in [1.807, 2.05) is 13.8 Å². The maximum atomic E-state index is 12.5. The molecule has 2 N–H and O–H groups in total. The molecule has 1 saturated heterocycles. The van der Waals surface area contributed by atoms with Crippen LogP contribution in [-0.4, -0.2) is 57.9 Å². The summed E-state index contributed by atoms with van der Waals surface area (Å²) in [6.45, 7) is 5.92. The maximum Gasteiger partial charge on any atom is 0.287 e. The van der Waals surface area contributed by atoms with Gasteiger partial charge in [0.25, 0.3) is 5.91 Å². The predicted octanol–water partition coefficient (Wildman–Crippen LogP) is 1.89. The average molecular weight is 385 g/mol. The number of carbonyl (C=O) groups excluding carboxylic acids is 1. The number of anilines is 1. The molecule has 10 heteroatoms. The van der Waals surface area contributed by atoms with Gasteiger partial charge in [-0.1, -0.05) is 29.9 Å². The molecule has 0 radical (unpaired) electrons. The number of hydrogen-bond acceptors (Lipinski definition) is 7. The van der Waals surface area contributed by atoms with Crippen molar-refractivity contribution in [2.75, 3.05) is 24.6 Å². The highest BCUT2D eigenvalue weighted by Gasteiger charge is 2.32. The lowest BCUT2D eigenvalue weighted by molar-refractivity contribution is 0.0271. The number of ether oxygens (including phenoxy) is 1. The van der Waals surface area contributed by atoms with Crippen molar-refractivity contribution in [1.29, 1.82) is 0 Å². The second-order valence-electron chi connectivity index (χ2n) is 5.74. The van der Waals surface area contributed by atoms with Crippen LogP contribution in [0.2, 0.25) is 5.15 Å². The van der Waals surface area contributed by atoms with Crippen molar-refractivity contribution in [2.45, 2.75) is 38.8 Å². The van der Waals surface area contributed by atoms with Crippen LogP contribution in [0, 0.1) is 0 Å². The largest absolute Gasteiger partial charge is 0.375 e. The molecule has 2 unspecified atom stereocenters. The Morgan fingerprint density at radius 2 is 2.40 bits per heavy atom. The van der Waals surface area contributed by atoms with E-state index in [1.54, 1.807) is 5.51 Å². The second-order valence-corrected chi connectivity index (χ2v) is 6.91. The average Bonchev–Trinajstić information content (AvgIpc) is 3.26. The second kappa shape index (κ2) is 8.11. The number of nitrogens with one attached hydrogen (secondary N) is 2. The Hall–Kier alpha value is -1.71. The Morgan fingerprint density at radius 3 is 3.04 bits per heavy atom. The first-order valence-electron chi connectivity index (χ1n) is 8.30. The first-order valence-corrected chi connectivity index (χ1v) is 9.56. The standard InChI is InChI=1S/C15H21ClN6O2S/c1-3-9-12(16)20-13(18-9)14(23)19-10-5-6-22(7-11(10)24-4-2)15-21-17-8-25-15/h8,10-11H,3-7H2,1-2H3,(H,18,20)(H,19,23). The van der Waals surface area contributed by atoms with Crippen molar-refractivity contribution >= 4 is 34.0 Å². The minimum atomic E-state index is -0.263. The van der Waals surface area contributed by atoms with Crippen molar-refractivity contribution < 1.29 is 9.53 Å². The molecule has 0 bridgehead atoms. The molecule has 2 aromatic rings. The molecule has 2 aromatic heterocycles. The van der Waals surface area contributed by atoms with Crippen molar-refractivity contribution in [3.63, 3.8) is 0 Å². The maximum absolute atomic E-state index is 12.5. The number of amides is 1. The van der Waals surface area contributed by atoms with Crippen LogP contribution >= 0.6 is 22.9 Å². The Balaban J connectivity index is 1.67. The van der Waals surface area contributed by atoms with Gasteiger partial charge >= 0.3 is 0 Å². The van der Waals surface area contributed by atoms with Crippen molar-refractivity contribution in [3.8, 4) is 0 Å². The molecule has 0 aromatic carbocycles. The molecule has 8 nitrogen and oxygen atoms in total. The van der Waals surface area contributed by atoms with Gasteiger partial charge in [0.2, 0.25) is 5.13 Å². The van der Waals surface area contributed by atoms with Gasteiger partial charge in [0.1, 0.15) is 5.51 Å². The molecule has 1 amide bonds. The highest BCUT2D eigenvalue weighted by molar-refractivity contribution is 7.13. The van der Waals surface area contributed by atoms with Gasteiger partial charge in [0.05, 0.1) is 17.8 Å². The van der Waals surface area contributed by atoms with E-state index in [2.05, 4.69) is 30.4 Å². The number of aryl methyl sites for hydroxylation is 1. The minimum absolute atomic E-state index is 0.0921. The summed E-state index contributed by atoms with van der Waals surface area (Å²) in [4.78, 5) is 21.7. The minimum Gasteiger partial charge on any atom is -0.375 e. The number of rotatable bonds is 6. The van der Waals surface area contributed by atoms with E-state index >= 15 is 0 Å². The summed E-state index contributed by atoms with van der Waals surface area (Å²) < 4.78 is 5.85. The monoisotopic (exact) mass is 384 g/mol. The number of carbonyl (C=O) groups is 1. The fourth-order valence-electron chi connectivity index (χ4n) is 2.91. The van der Waals surface area contributed by atoms with Gasteiger partial charge in [0.15, 0.2) is 11.0 Å². The van der Waals surface area contributed by atoms with E-state index in [0.717, 1.165) is 23.8 Å². The number of piperidine rings is 1. The summed E-state index contributed by atoms with van der Waals surface area (Å²) >= 11 is 7.52. The lowest BCUT2D eigenvalue weighted by atomic mass is 10.0. The van der Waals surface area contributed by atoms with Gasteiger partial charge in [-0.3, -0.25) is 4.79 Å². The van der Waals surface area contributed by atoms with Crippen LogP contribution in [0.1, 0.15) is 36.6 Å². The van der Waals surface area contributed by atoms with Crippen molar-refractivity contribution in [3.05, 3.63) is 22.2 Å². The fraction of sp³-hybridized carbons (Fsp3) is 0.600. The number of nitrogens with zero attached hydrogens (tertiary/aromatic N) is 4. The molecule has 1 aliphatic rings. The van der Waals surface area contributed by atoms with Crippen LogP contribution < -0.4 is 10.2 Å². The molecule has 3 heterocycles. The molecule has 2 atom stereocenters. The fourth-order valence-corrected chi connectivity index (χ4v) is 3.77. The normalized spacial score (nSPS) is 20.7. The number of H-pyrrole nitrogens is 1. The zero-order valence-corrected chi connectivity index (χ0v) is 15.7. The topological polar surface area (TPSA) is 96.0 Å². The number of aromatic nitrogens is 4. The lowest BCUT2D eigenvalue weighted by Crippen LogP contribution is -2.55. The number of halogens is 1. The van der Waals surface area contributed by atoms with Crippen molar-refractivity contribution in [2.24, 2.45) is 0 Å². The number of aromatic amines is 1. The van der Waals surface area contributed by atoms with Gasteiger partial charge in [-0.05, 0) is 19.8 Å². The Labute approximate surface area is 154 Å². The Morgan fingerprint density at radius 1 is 1.56 bits per heavy atom. The smallest absolute Gasteiger partial charge is 0.287 e. The highest BCUT2D eigenvalue weighted by Crippen LogP contribution is 2.23. The Bertz CT molecular complexity index is 707. The Kier molecular flexibility index (Phi) is 5.87. The predicted molar refractivity (Wildman–Crippen MR) is 96.4 cm³/mol. The molecular formula is C15H21ClN6O2S. The van der Waals surface area contributed by atoms with E-state index in [-0.39, 0.29) is 23.9 Å². The molecule has 1 fully saturated rings. The molecule has 0 spiro atoms. The van der Waals surface area contributed by atoms with Crippen LogP contribution in [0.15, 0.2) is 5.51 Å². The van der Waals surface area contributed by atoms with Gasteiger partial charge in [-0.25, -0.2) is 4.98 Å².